The van der Waals surface area contributed by atoms with E-state index in [2.05, 4.69) is 72.8 Å². The SMILES string of the molecule is CC(C)c1ccc2c(c1)[C@@H]([NH+]1CC[NH+](CCO)CC1)Cc1cc(I)ccc1S2. The highest BCUT2D eigenvalue weighted by Gasteiger charge is 2.34. The van der Waals surface area contributed by atoms with Crippen LogP contribution in [0.3, 0.4) is 0 Å². The summed E-state index contributed by atoms with van der Waals surface area (Å²) in [4.78, 5) is 6.13. The Morgan fingerprint density at radius 1 is 1.07 bits per heavy atom. The fourth-order valence-electron chi connectivity index (χ4n) is 4.59. The van der Waals surface area contributed by atoms with Gasteiger partial charge in [0.15, 0.2) is 0 Å². The van der Waals surface area contributed by atoms with Gasteiger partial charge in [-0.25, -0.2) is 0 Å². The quantitative estimate of drug-likeness (QED) is 0.549. The lowest BCUT2D eigenvalue weighted by Crippen LogP contribution is -3.28. The average Bonchev–Trinajstić information content (AvgIpc) is 2.84. The number of hydrogen-bond donors (Lipinski definition) is 3. The Hall–Kier alpha value is -0.600. The summed E-state index contributed by atoms with van der Waals surface area (Å²) in [5, 5.41) is 9.29. The molecule has 2 aromatic rings. The summed E-state index contributed by atoms with van der Waals surface area (Å²) in [6.45, 7) is 10.5. The monoisotopic (exact) mass is 510 g/mol. The van der Waals surface area contributed by atoms with Gasteiger partial charge in [-0.05, 0) is 70.0 Å². The summed E-state index contributed by atoms with van der Waals surface area (Å²) < 4.78 is 1.33. The summed E-state index contributed by atoms with van der Waals surface area (Å²) in [6, 6.07) is 14.6. The first-order valence-corrected chi connectivity index (χ1v) is 12.3. The summed E-state index contributed by atoms with van der Waals surface area (Å²) in [5.41, 5.74) is 4.50. The van der Waals surface area contributed by atoms with Gasteiger partial charge < -0.3 is 14.9 Å². The third-order valence-electron chi connectivity index (χ3n) is 6.30. The molecule has 2 heterocycles. The zero-order chi connectivity index (χ0) is 19.7. The first kappa shape index (κ1) is 20.7. The molecule has 0 unspecified atom stereocenters. The predicted molar refractivity (Wildman–Crippen MR) is 124 cm³/mol. The molecule has 0 spiro atoms. The molecule has 0 aliphatic carbocycles. The summed E-state index contributed by atoms with van der Waals surface area (Å²) in [6.07, 6.45) is 1.12. The number of fused-ring (bicyclic) bond motifs is 2. The zero-order valence-electron chi connectivity index (χ0n) is 16.8. The van der Waals surface area contributed by atoms with Gasteiger partial charge in [-0.1, -0.05) is 31.7 Å². The van der Waals surface area contributed by atoms with Gasteiger partial charge in [-0.2, -0.15) is 0 Å². The Morgan fingerprint density at radius 3 is 2.54 bits per heavy atom. The van der Waals surface area contributed by atoms with E-state index in [0.29, 0.717) is 18.6 Å². The zero-order valence-corrected chi connectivity index (χ0v) is 19.8. The molecular weight excluding hydrogens is 479 g/mol. The van der Waals surface area contributed by atoms with Crippen LogP contribution in [0.15, 0.2) is 46.2 Å². The molecule has 2 aliphatic rings. The number of aliphatic hydroxyl groups is 1. The maximum atomic E-state index is 9.29. The maximum absolute atomic E-state index is 9.29. The summed E-state index contributed by atoms with van der Waals surface area (Å²) in [5.74, 6) is 0.559. The Morgan fingerprint density at radius 2 is 1.82 bits per heavy atom. The van der Waals surface area contributed by atoms with Crippen LogP contribution in [0.1, 0.15) is 42.5 Å². The van der Waals surface area contributed by atoms with E-state index in [9.17, 15) is 5.11 Å². The number of halogens is 1. The van der Waals surface area contributed by atoms with Gasteiger partial charge in [-0.3, -0.25) is 0 Å². The highest BCUT2D eigenvalue weighted by Crippen LogP contribution is 2.41. The number of quaternary nitrogens is 2. The van der Waals surface area contributed by atoms with Crippen LogP contribution in [0.25, 0.3) is 0 Å². The Kier molecular flexibility index (Phi) is 6.67. The Labute approximate surface area is 186 Å². The normalized spacial score (nSPS) is 24.5. The minimum atomic E-state index is 0.303. The second-order valence-corrected chi connectivity index (χ2v) is 10.8. The number of rotatable bonds is 4. The van der Waals surface area contributed by atoms with Gasteiger partial charge in [-0.15, -0.1) is 0 Å². The van der Waals surface area contributed by atoms with E-state index < -0.39 is 0 Å². The van der Waals surface area contributed by atoms with Crippen molar-refractivity contribution in [2.24, 2.45) is 0 Å². The van der Waals surface area contributed by atoms with Crippen molar-refractivity contribution in [2.45, 2.75) is 42.0 Å². The maximum Gasteiger partial charge on any atom is 0.128 e. The Balaban J connectivity index is 1.70. The first-order chi connectivity index (χ1) is 13.5. The topological polar surface area (TPSA) is 29.1 Å². The molecule has 0 radical (unpaired) electrons. The largest absolute Gasteiger partial charge is 0.391 e. The van der Waals surface area contributed by atoms with Crippen molar-refractivity contribution in [3.05, 3.63) is 56.7 Å². The molecule has 1 fully saturated rings. The molecule has 0 saturated carbocycles. The smallest absolute Gasteiger partial charge is 0.128 e. The minimum absolute atomic E-state index is 0.303. The van der Waals surface area contributed by atoms with Crippen LogP contribution in [-0.4, -0.2) is 44.4 Å². The molecule has 4 rings (SSSR count). The van der Waals surface area contributed by atoms with E-state index in [1.165, 1.54) is 37.6 Å². The van der Waals surface area contributed by atoms with Crippen LogP contribution in [0.5, 0.6) is 0 Å². The lowest BCUT2D eigenvalue weighted by molar-refractivity contribution is -1.03. The van der Waals surface area contributed by atoms with Crippen LogP contribution in [0.4, 0.5) is 0 Å². The van der Waals surface area contributed by atoms with E-state index in [0.717, 1.165) is 26.1 Å². The molecule has 2 aromatic carbocycles. The van der Waals surface area contributed by atoms with E-state index in [4.69, 9.17) is 0 Å². The average molecular weight is 510 g/mol. The van der Waals surface area contributed by atoms with Gasteiger partial charge >= 0.3 is 0 Å². The molecule has 5 heteroatoms. The van der Waals surface area contributed by atoms with Crippen molar-refractivity contribution in [1.29, 1.82) is 0 Å². The lowest BCUT2D eigenvalue weighted by atomic mass is 9.93. The third-order valence-corrected chi connectivity index (χ3v) is 8.18. The molecule has 0 amide bonds. The molecule has 0 aromatic heterocycles. The lowest BCUT2D eigenvalue weighted by Gasteiger charge is -2.35. The van der Waals surface area contributed by atoms with E-state index in [1.54, 1.807) is 15.4 Å². The molecule has 1 saturated heterocycles. The third kappa shape index (κ3) is 4.43. The number of aliphatic hydroxyl groups excluding tert-OH is 1. The second kappa shape index (κ2) is 9.04. The number of nitrogens with one attached hydrogen (secondary N) is 2. The fraction of sp³-hybridized carbons (Fsp3) is 0.478. The van der Waals surface area contributed by atoms with Crippen molar-refractivity contribution in [2.75, 3.05) is 39.3 Å². The molecule has 2 aliphatic heterocycles. The van der Waals surface area contributed by atoms with Gasteiger partial charge in [0.25, 0.3) is 0 Å². The molecule has 28 heavy (non-hydrogen) atoms. The molecule has 150 valence electrons. The highest BCUT2D eigenvalue weighted by molar-refractivity contribution is 14.1. The van der Waals surface area contributed by atoms with Gasteiger partial charge in [0.05, 0.1) is 6.61 Å². The highest BCUT2D eigenvalue weighted by atomic mass is 127. The van der Waals surface area contributed by atoms with Crippen LogP contribution >= 0.6 is 34.4 Å². The fourth-order valence-corrected chi connectivity index (χ4v) is 6.25. The standard InChI is InChI=1S/C23H29IN2OS/c1-16(2)17-3-5-23-20(14-17)21(26-9-7-25(8-10-26)11-12-27)15-18-13-19(24)4-6-22(18)28-23/h3-6,13-14,16,21,27H,7-12,15H2,1-2H3/p+2/t21-/m0/s1. The number of piperazine rings is 1. The molecule has 1 atom stereocenters. The van der Waals surface area contributed by atoms with Crippen molar-refractivity contribution >= 4 is 34.4 Å². The van der Waals surface area contributed by atoms with Gasteiger partial charge in [0, 0.05) is 25.3 Å². The van der Waals surface area contributed by atoms with Crippen LogP contribution < -0.4 is 9.80 Å². The minimum Gasteiger partial charge on any atom is -0.391 e. The van der Waals surface area contributed by atoms with Crippen LogP contribution in [-0.2, 0) is 6.42 Å². The number of hydrogen-bond acceptors (Lipinski definition) is 2. The summed E-state index contributed by atoms with van der Waals surface area (Å²) in [7, 11) is 0. The van der Waals surface area contributed by atoms with E-state index >= 15 is 0 Å². The Bertz CT molecular complexity index is 833. The molecule has 3 N–H and O–H groups in total. The van der Waals surface area contributed by atoms with Gasteiger partial charge in [0.1, 0.15) is 38.8 Å². The molecule has 3 nitrogen and oxygen atoms in total. The number of benzene rings is 2. The van der Waals surface area contributed by atoms with Gasteiger partial charge in [0.2, 0.25) is 0 Å². The van der Waals surface area contributed by atoms with E-state index in [-0.39, 0.29) is 0 Å². The molecule has 0 bridgehead atoms. The second-order valence-electron chi connectivity index (χ2n) is 8.44. The van der Waals surface area contributed by atoms with Crippen molar-refractivity contribution in [3.63, 3.8) is 0 Å². The van der Waals surface area contributed by atoms with Crippen molar-refractivity contribution < 1.29 is 14.9 Å². The van der Waals surface area contributed by atoms with Crippen LogP contribution in [0, 0.1) is 3.57 Å². The van der Waals surface area contributed by atoms with Crippen LogP contribution in [0.2, 0.25) is 0 Å². The van der Waals surface area contributed by atoms with Crippen molar-refractivity contribution in [1.82, 2.24) is 0 Å². The summed E-state index contributed by atoms with van der Waals surface area (Å²) >= 11 is 4.40. The van der Waals surface area contributed by atoms with E-state index in [1.807, 2.05) is 11.8 Å². The first-order valence-electron chi connectivity index (χ1n) is 10.4. The van der Waals surface area contributed by atoms with Crippen molar-refractivity contribution in [3.8, 4) is 0 Å². The predicted octanol–water partition coefficient (Wildman–Crippen LogP) is 1.94. The molecular formula is C23H31IN2OS+2.